The maximum atomic E-state index is 12.4. The van der Waals surface area contributed by atoms with E-state index in [0.717, 1.165) is 18.4 Å². The molecule has 1 fully saturated rings. The zero-order valence-electron chi connectivity index (χ0n) is 12.6. The molecule has 1 unspecified atom stereocenters. The van der Waals surface area contributed by atoms with Crippen molar-refractivity contribution in [2.75, 3.05) is 11.9 Å². The van der Waals surface area contributed by atoms with Crippen LogP contribution in [-0.2, 0) is 11.2 Å². The second kappa shape index (κ2) is 6.16. The van der Waals surface area contributed by atoms with Gasteiger partial charge in [-0.05, 0) is 43.4 Å². The first-order valence-electron chi connectivity index (χ1n) is 7.44. The van der Waals surface area contributed by atoms with E-state index in [4.69, 9.17) is 0 Å². The SMILES string of the molecule is CCc1cccc(NC(=O)N2CCCC2(CC)C(=O)O)c1. The average molecular weight is 290 g/mol. The normalized spacial score (nSPS) is 21.3. The standard InChI is InChI=1S/C16H22N2O3/c1-3-12-7-5-8-13(11-12)17-15(21)18-10-6-9-16(18,4-2)14(19)20/h5,7-8,11H,3-4,6,9-10H2,1-2H3,(H,17,21)(H,19,20). The van der Waals surface area contributed by atoms with Gasteiger partial charge < -0.3 is 15.3 Å². The molecule has 114 valence electrons. The molecule has 1 aliphatic rings. The molecule has 0 aromatic heterocycles. The van der Waals surface area contributed by atoms with E-state index >= 15 is 0 Å². The number of carbonyl (C=O) groups is 2. The van der Waals surface area contributed by atoms with Crippen molar-refractivity contribution in [2.45, 2.75) is 45.1 Å². The van der Waals surface area contributed by atoms with Gasteiger partial charge in [-0.25, -0.2) is 9.59 Å². The molecular weight excluding hydrogens is 268 g/mol. The third-order valence-electron chi connectivity index (χ3n) is 4.30. The quantitative estimate of drug-likeness (QED) is 0.895. The zero-order chi connectivity index (χ0) is 15.5. The second-order valence-electron chi connectivity index (χ2n) is 5.43. The molecule has 1 atom stereocenters. The molecule has 5 heteroatoms. The minimum atomic E-state index is -1.06. The summed E-state index contributed by atoms with van der Waals surface area (Å²) in [4.78, 5) is 25.5. The molecule has 1 aromatic carbocycles. The van der Waals surface area contributed by atoms with Crippen LogP contribution in [0, 0.1) is 0 Å². The summed E-state index contributed by atoms with van der Waals surface area (Å²) in [6.45, 7) is 4.35. The summed E-state index contributed by atoms with van der Waals surface area (Å²) in [5.41, 5.74) is 0.780. The number of urea groups is 1. The number of rotatable bonds is 4. The Kier molecular flexibility index (Phi) is 4.50. The summed E-state index contributed by atoms with van der Waals surface area (Å²) >= 11 is 0. The Balaban J connectivity index is 2.17. The minimum Gasteiger partial charge on any atom is -0.479 e. The van der Waals surface area contributed by atoms with Crippen molar-refractivity contribution >= 4 is 17.7 Å². The summed E-state index contributed by atoms with van der Waals surface area (Å²) in [6.07, 6.45) is 2.55. The highest BCUT2D eigenvalue weighted by atomic mass is 16.4. The van der Waals surface area contributed by atoms with Crippen LogP contribution in [0.25, 0.3) is 0 Å². The Morgan fingerprint density at radius 2 is 2.14 bits per heavy atom. The van der Waals surface area contributed by atoms with Gasteiger partial charge in [0, 0.05) is 12.2 Å². The Morgan fingerprint density at radius 3 is 2.76 bits per heavy atom. The number of anilines is 1. The zero-order valence-corrected chi connectivity index (χ0v) is 12.6. The van der Waals surface area contributed by atoms with Crippen LogP contribution in [0.2, 0.25) is 0 Å². The van der Waals surface area contributed by atoms with Gasteiger partial charge in [0.25, 0.3) is 0 Å². The molecule has 21 heavy (non-hydrogen) atoms. The second-order valence-corrected chi connectivity index (χ2v) is 5.43. The lowest BCUT2D eigenvalue weighted by Crippen LogP contribution is -2.54. The van der Waals surface area contributed by atoms with E-state index in [1.54, 1.807) is 0 Å². The number of amides is 2. The predicted molar refractivity (Wildman–Crippen MR) is 81.4 cm³/mol. The number of benzene rings is 1. The highest BCUT2D eigenvalue weighted by Gasteiger charge is 2.48. The van der Waals surface area contributed by atoms with Crippen LogP contribution in [0.5, 0.6) is 0 Å². The third kappa shape index (κ3) is 2.86. The van der Waals surface area contributed by atoms with Gasteiger partial charge in [0.05, 0.1) is 0 Å². The van der Waals surface area contributed by atoms with Crippen LogP contribution < -0.4 is 5.32 Å². The van der Waals surface area contributed by atoms with Crippen LogP contribution in [-0.4, -0.2) is 34.1 Å². The molecule has 1 heterocycles. The van der Waals surface area contributed by atoms with Crippen molar-refractivity contribution in [3.63, 3.8) is 0 Å². The minimum absolute atomic E-state index is 0.329. The number of nitrogens with one attached hydrogen (secondary N) is 1. The summed E-state index contributed by atoms with van der Waals surface area (Å²) in [6, 6.07) is 7.30. The van der Waals surface area contributed by atoms with E-state index in [1.165, 1.54) is 4.90 Å². The lowest BCUT2D eigenvalue weighted by molar-refractivity contribution is -0.148. The molecule has 0 radical (unpaired) electrons. The molecule has 1 aromatic rings. The third-order valence-corrected chi connectivity index (χ3v) is 4.30. The maximum absolute atomic E-state index is 12.4. The van der Waals surface area contributed by atoms with Crippen molar-refractivity contribution in [2.24, 2.45) is 0 Å². The number of likely N-dealkylation sites (tertiary alicyclic amines) is 1. The fourth-order valence-electron chi connectivity index (χ4n) is 2.98. The Bertz CT molecular complexity index is 544. The number of aliphatic carboxylic acids is 1. The van der Waals surface area contributed by atoms with Crippen LogP contribution >= 0.6 is 0 Å². The van der Waals surface area contributed by atoms with Crippen LogP contribution in [0.3, 0.4) is 0 Å². The molecular formula is C16H22N2O3. The molecule has 1 aliphatic heterocycles. The van der Waals surface area contributed by atoms with Gasteiger partial charge in [-0.1, -0.05) is 26.0 Å². The van der Waals surface area contributed by atoms with E-state index in [1.807, 2.05) is 38.1 Å². The number of hydrogen-bond acceptors (Lipinski definition) is 2. The molecule has 0 saturated carbocycles. The van der Waals surface area contributed by atoms with Crippen molar-refractivity contribution in [1.29, 1.82) is 0 Å². The molecule has 5 nitrogen and oxygen atoms in total. The molecule has 0 aliphatic carbocycles. The number of carboxylic acids is 1. The van der Waals surface area contributed by atoms with Crippen molar-refractivity contribution in [3.8, 4) is 0 Å². The summed E-state index contributed by atoms with van der Waals surface area (Å²) in [7, 11) is 0. The molecule has 2 amide bonds. The van der Waals surface area contributed by atoms with Gasteiger partial charge in [0.2, 0.25) is 0 Å². The predicted octanol–water partition coefficient (Wildman–Crippen LogP) is 3.11. The Labute approximate surface area is 125 Å². The van der Waals surface area contributed by atoms with Gasteiger partial charge in [0.15, 0.2) is 0 Å². The largest absolute Gasteiger partial charge is 0.479 e. The fraction of sp³-hybridized carbons (Fsp3) is 0.500. The fourth-order valence-corrected chi connectivity index (χ4v) is 2.98. The van der Waals surface area contributed by atoms with E-state index in [9.17, 15) is 14.7 Å². The highest BCUT2D eigenvalue weighted by Crippen LogP contribution is 2.33. The van der Waals surface area contributed by atoms with Crippen molar-refractivity contribution < 1.29 is 14.7 Å². The molecule has 0 bridgehead atoms. The lowest BCUT2D eigenvalue weighted by atomic mass is 9.93. The van der Waals surface area contributed by atoms with Crippen LogP contribution in [0.4, 0.5) is 10.5 Å². The maximum Gasteiger partial charge on any atom is 0.329 e. The van der Waals surface area contributed by atoms with E-state index in [-0.39, 0.29) is 6.03 Å². The first-order valence-corrected chi connectivity index (χ1v) is 7.44. The molecule has 2 rings (SSSR count). The summed E-state index contributed by atoms with van der Waals surface area (Å²) in [5, 5.41) is 12.3. The first-order chi connectivity index (χ1) is 10.0. The Hall–Kier alpha value is -2.04. The topological polar surface area (TPSA) is 69.6 Å². The first kappa shape index (κ1) is 15.4. The molecule has 2 N–H and O–H groups in total. The number of carbonyl (C=O) groups excluding carboxylic acids is 1. The number of nitrogens with zero attached hydrogens (tertiary/aromatic N) is 1. The lowest BCUT2D eigenvalue weighted by Gasteiger charge is -2.33. The average Bonchev–Trinajstić information content (AvgIpc) is 2.92. The van der Waals surface area contributed by atoms with Gasteiger partial charge in [-0.2, -0.15) is 0 Å². The van der Waals surface area contributed by atoms with E-state index in [0.29, 0.717) is 25.1 Å². The van der Waals surface area contributed by atoms with Crippen molar-refractivity contribution in [1.82, 2.24) is 4.90 Å². The van der Waals surface area contributed by atoms with Crippen LogP contribution in [0.1, 0.15) is 38.7 Å². The van der Waals surface area contributed by atoms with Gasteiger partial charge >= 0.3 is 12.0 Å². The van der Waals surface area contributed by atoms with Gasteiger partial charge in [-0.3, -0.25) is 0 Å². The van der Waals surface area contributed by atoms with Crippen LogP contribution in [0.15, 0.2) is 24.3 Å². The Morgan fingerprint density at radius 1 is 1.38 bits per heavy atom. The summed E-state index contributed by atoms with van der Waals surface area (Å²) < 4.78 is 0. The molecule has 0 spiro atoms. The molecule has 1 saturated heterocycles. The smallest absolute Gasteiger partial charge is 0.329 e. The van der Waals surface area contributed by atoms with E-state index in [2.05, 4.69) is 5.32 Å². The van der Waals surface area contributed by atoms with Crippen molar-refractivity contribution in [3.05, 3.63) is 29.8 Å². The summed E-state index contributed by atoms with van der Waals surface area (Å²) in [5.74, 6) is -0.917. The number of aryl methyl sites for hydroxylation is 1. The number of carboxylic acid groups (broad SMARTS) is 1. The van der Waals surface area contributed by atoms with E-state index < -0.39 is 11.5 Å². The monoisotopic (exact) mass is 290 g/mol. The highest BCUT2D eigenvalue weighted by molar-refractivity contribution is 5.94. The van der Waals surface area contributed by atoms with Gasteiger partial charge in [-0.15, -0.1) is 0 Å². The van der Waals surface area contributed by atoms with Gasteiger partial charge in [0.1, 0.15) is 5.54 Å². The number of hydrogen-bond donors (Lipinski definition) is 2.